The highest BCUT2D eigenvalue weighted by Crippen LogP contribution is 2.30. The smallest absolute Gasteiger partial charge is 0.229 e. The average Bonchev–Trinajstić information content (AvgIpc) is 2.83. The number of halogens is 2. The van der Waals surface area contributed by atoms with Crippen molar-refractivity contribution in [2.75, 3.05) is 37.7 Å². The number of carbonyl (C=O) groups excluding carboxylic acids is 1. The minimum atomic E-state index is -3.48. The Morgan fingerprint density at radius 2 is 1.94 bits per heavy atom. The first-order valence-electron chi connectivity index (χ1n) is 11.7. The van der Waals surface area contributed by atoms with Gasteiger partial charge in [-0.15, -0.1) is 0 Å². The van der Waals surface area contributed by atoms with Crippen molar-refractivity contribution in [2.45, 2.75) is 39.0 Å². The number of hydrogen-bond donors (Lipinski definition) is 2. The van der Waals surface area contributed by atoms with E-state index in [1.54, 1.807) is 36.1 Å². The lowest BCUT2D eigenvalue weighted by Crippen LogP contribution is -2.47. The lowest BCUT2D eigenvalue weighted by molar-refractivity contribution is -0.134. The fourth-order valence-corrected chi connectivity index (χ4v) is 5.12. The number of carbonyl (C=O) groups is 1. The molecule has 36 heavy (non-hydrogen) atoms. The van der Waals surface area contributed by atoms with Gasteiger partial charge in [-0.2, -0.15) is 0 Å². The standard InChI is InChI=1S/C25H33Cl2N3O5S/c1-16-12-30(17(2)15-31)25(32)11-19-10-20(28-36(4,33)34)6-8-23(19)35-24(16)14-29(3)13-18-5-7-21(26)22(27)9-18/h5-10,16-17,24,28,31H,11-15H2,1-4H3/t16-,17+,24+/m0/s1. The van der Waals surface area contributed by atoms with Crippen LogP contribution in [-0.2, 0) is 27.8 Å². The van der Waals surface area contributed by atoms with E-state index in [1.807, 2.05) is 26.1 Å². The van der Waals surface area contributed by atoms with Crippen LogP contribution in [0.2, 0.25) is 10.0 Å². The van der Waals surface area contributed by atoms with Gasteiger partial charge in [0.2, 0.25) is 15.9 Å². The number of ether oxygens (including phenoxy) is 1. The molecular formula is C25H33Cl2N3O5S. The van der Waals surface area contributed by atoms with E-state index >= 15 is 0 Å². The largest absolute Gasteiger partial charge is 0.488 e. The van der Waals surface area contributed by atoms with Crippen LogP contribution < -0.4 is 9.46 Å². The van der Waals surface area contributed by atoms with E-state index in [4.69, 9.17) is 27.9 Å². The molecule has 11 heteroatoms. The molecule has 0 aliphatic carbocycles. The topological polar surface area (TPSA) is 99.2 Å². The number of rotatable bonds is 8. The number of anilines is 1. The van der Waals surface area contributed by atoms with Crippen LogP contribution in [0.1, 0.15) is 25.0 Å². The van der Waals surface area contributed by atoms with Crippen LogP contribution in [0.15, 0.2) is 36.4 Å². The molecule has 198 valence electrons. The van der Waals surface area contributed by atoms with Crippen LogP contribution in [0.3, 0.4) is 0 Å². The highest BCUT2D eigenvalue weighted by molar-refractivity contribution is 7.92. The summed E-state index contributed by atoms with van der Waals surface area (Å²) in [5.41, 5.74) is 1.94. The average molecular weight is 559 g/mol. The number of amides is 1. The summed E-state index contributed by atoms with van der Waals surface area (Å²) < 4.78 is 32.4. The van der Waals surface area contributed by atoms with Crippen molar-refractivity contribution >= 4 is 44.8 Å². The quantitative estimate of drug-likeness (QED) is 0.514. The Hall–Kier alpha value is -2.04. The summed E-state index contributed by atoms with van der Waals surface area (Å²) in [5, 5.41) is 10.8. The highest BCUT2D eigenvalue weighted by atomic mass is 35.5. The molecular weight excluding hydrogens is 525 g/mol. The number of nitrogens with one attached hydrogen (secondary N) is 1. The van der Waals surface area contributed by atoms with Crippen molar-refractivity contribution in [3.8, 4) is 5.75 Å². The Balaban J connectivity index is 1.91. The van der Waals surface area contributed by atoms with Gasteiger partial charge < -0.3 is 14.7 Å². The summed E-state index contributed by atoms with van der Waals surface area (Å²) in [4.78, 5) is 17.0. The Morgan fingerprint density at radius 3 is 2.58 bits per heavy atom. The zero-order chi connectivity index (χ0) is 26.6. The summed E-state index contributed by atoms with van der Waals surface area (Å²) in [7, 11) is -1.51. The summed E-state index contributed by atoms with van der Waals surface area (Å²) >= 11 is 12.2. The number of aliphatic hydroxyl groups is 1. The highest BCUT2D eigenvalue weighted by Gasteiger charge is 2.31. The van der Waals surface area contributed by atoms with Gasteiger partial charge in [-0.05, 0) is 49.9 Å². The number of aliphatic hydroxyl groups excluding tert-OH is 1. The molecule has 3 rings (SSSR count). The fraction of sp³-hybridized carbons (Fsp3) is 0.480. The lowest BCUT2D eigenvalue weighted by atomic mass is 10.0. The van der Waals surface area contributed by atoms with Gasteiger partial charge in [-0.25, -0.2) is 8.42 Å². The molecule has 0 spiro atoms. The molecule has 1 aliphatic heterocycles. The number of benzene rings is 2. The molecule has 0 unspecified atom stereocenters. The van der Waals surface area contributed by atoms with Gasteiger partial charge in [0, 0.05) is 36.8 Å². The third-order valence-electron chi connectivity index (χ3n) is 6.15. The maximum Gasteiger partial charge on any atom is 0.229 e. The molecule has 0 bridgehead atoms. The van der Waals surface area contributed by atoms with Crippen molar-refractivity contribution < 1.29 is 23.1 Å². The van der Waals surface area contributed by atoms with Crippen LogP contribution in [0.5, 0.6) is 5.75 Å². The van der Waals surface area contributed by atoms with Gasteiger partial charge in [0.05, 0.1) is 35.4 Å². The molecule has 0 saturated carbocycles. The van der Waals surface area contributed by atoms with E-state index in [0.717, 1.165) is 11.8 Å². The number of hydrogen-bond acceptors (Lipinski definition) is 6. The van der Waals surface area contributed by atoms with Crippen LogP contribution in [0, 0.1) is 5.92 Å². The third-order valence-corrected chi connectivity index (χ3v) is 7.49. The van der Waals surface area contributed by atoms with Gasteiger partial charge in [0.25, 0.3) is 0 Å². The van der Waals surface area contributed by atoms with Crippen molar-refractivity contribution in [1.82, 2.24) is 9.80 Å². The van der Waals surface area contributed by atoms with E-state index in [2.05, 4.69) is 9.62 Å². The lowest BCUT2D eigenvalue weighted by Gasteiger charge is -2.34. The molecule has 8 nitrogen and oxygen atoms in total. The summed E-state index contributed by atoms with van der Waals surface area (Å²) in [6.07, 6.45) is 0.810. The SMILES string of the molecule is C[C@H](CO)N1C[C@H](C)[C@@H](CN(C)Cc2ccc(Cl)c(Cl)c2)Oc2ccc(NS(C)(=O)=O)cc2CC1=O. The Morgan fingerprint density at radius 1 is 1.22 bits per heavy atom. The first-order valence-corrected chi connectivity index (χ1v) is 14.3. The zero-order valence-electron chi connectivity index (χ0n) is 20.9. The van der Waals surface area contributed by atoms with E-state index < -0.39 is 10.0 Å². The second-order valence-corrected chi connectivity index (χ2v) is 12.1. The normalized spacial score (nSPS) is 19.7. The molecule has 1 amide bonds. The fourth-order valence-electron chi connectivity index (χ4n) is 4.25. The predicted molar refractivity (Wildman–Crippen MR) is 143 cm³/mol. The van der Waals surface area contributed by atoms with Crippen molar-refractivity contribution in [3.05, 3.63) is 57.6 Å². The minimum Gasteiger partial charge on any atom is -0.488 e. The summed E-state index contributed by atoms with van der Waals surface area (Å²) in [6, 6.07) is 10.1. The molecule has 3 atom stereocenters. The molecule has 1 aliphatic rings. The van der Waals surface area contributed by atoms with Crippen LogP contribution in [0.4, 0.5) is 5.69 Å². The van der Waals surface area contributed by atoms with Gasteiger partial charge in [-0.1, -0.05) is 36.2 Å². The molecule has 0 radical (unpaired) electrons. The Labute approximate surface area is 223 Å². The number of likely N-dealkylation sites (N-methyl/N-ethyl adjacent to an activating group) is 1. The summed E-state index contributed by atoms with van der Waals surface area (Å²) in [5.74, 6) is 0.314. The minimum absolute atomic E-state index is 0.0253. The zero-order valence-corrected chi connectivity index (χ0v) is 23.2. The van der Waals surface area contributed by atoms with E-state index in [0.29, 0.717) is 46.7 Å². The third kappa shape index (κ3) is 7.73. The molecule has 1 heterocycles. The Bertz CT molecular complexity index is 1190. The Kier molecular flexibility index (Phi) is 9.51. The van der Waals surface area contributed by atoms with Gasteiger partial charge in [0.15, 0.2) is 0 Å². The second kappa shape index (κ2) is 12.0. The maximum atomic E-state index is 13.2. The maximum absolute atomic E-state index is 13.2. The van der Waals surface area contributed by atoms with Gasteiger partial charge in [-0.3, -0.25) is 14.4 Å². The van der Waals surface area contributed by atoms with Gasteiger partial charge in [0.1, 0.15) is 11.9 Å². The van der Waals surface area contributed by atoms with Gasteiger partial charge >= 0.3 is 0 Å². The van der Waals surface area contributed by atoms with Crippen molar-refractivity contribution in [3.63, 3.8) is 0 Å². The van der Waals surface area contributed by atoms with E-state index in [9.17, 15) is 18.3 Å². The van der Waals surface area contributed by atoms with Crippen LogP contribution >= 0.6 is 23.2 Å². The molecule has 0 fully saturated rings. The first-order chi connectivity index (χ1) is 16.9. The molecule has 0 saturated heterocycles. The van der Waals surface area contributed by atoms with Crippen LogP contribution in [0.25, 0.3) is 0 Å². The molecule has 2 aromatic rings. The number of fused-ring (bicyclic) bond motifs is 1. The first kappa shape index (κ1) is 28.5. The second-order valence-electron chi connectivity index (χ2n) is 9.53. The van der Waals surface area contributed by atoms with Crippen molar-refractivity contribution in [1.29, 1.82) is 0 Å². The molecule has 2 N–H and O–H groups in total. The summed E-state index contributed by atoms with van der Waals surface area (Å²) in [6.45, 7) is 5.24. The molecule has 0 aromatic heterocycles. The predicted octanol–water partition coefficient (Wildman–Crippen LogP) is 3.65. The van der Waals surface area contributed by atoms with Crippen molar-refractivity contribution in [2.24, 2.45) is 5.92 Å². The van der Waals surface area contributed by atoms with E-state index in [-0.39, 0.29) is 37.0 Å². The van der Waals surface area contributed by atoms with E-state index in [1.165, 1.54) is 0 Å². The monoisotopic (exact) mass is 557 g/mol. The number of nitrogens with zero attached hydrogens (tertiary/aromatic N) is 2. The van der Waals surface area contributed by atoms with Crippen LogP contribution in [-0.4, -0.2) is 74.4 Å². The number of sulfonamides is 1. The molecule has 2 aromatic carbocycles.